The molecule has 0 amide bonds. The van der Waals surface area contributed by atoms with E-state index in [1.807, 2.05) is 30.3 Å². The summed E-state index contributed by atoms with van der Waals surface area (Å²) in [5.41, 5.74) is 0.214. The number of hydrogen-bond donors (Lipinski definition) is 1. The first-order valence-electron chi connectivity index (χ1n) is 6.44. The molecule has 1 rings (SSSR count). The molecular formula is C15H21NO4. The summed E-state index contributed by atoms with van der Waals surface area (Å²) in [6.45, 7) is 5.35. The van der Waals surface area contributed by atoms with Crippen LogP contribution in [0.4, 0.5) is 0 Å². The lowest BCUT2D eigenvalue weighted by atomic mass is 10.2. The van der Waals surface area contributed by atoms with Crippen LogP contribution < -0.4 is 5.32 Å². The van der Waals surface area contributed by atoms with Crippen molar-refractivity contribution >= 4 is 11.9 Å². The molecule has 0 radical (unpaired) electrons. The van der Waals surface area contributed by atoms with Gasteiger partial charge in [0.05, 0.1) is 0 Å². The van der Waals surface area contributed by atoms with Crippen molar-refractivity contribution in [2.45, 2.75) is 39.0 Å². The van der Waals surface area contributed by atoms with E-state index in [1.54, 1.807) is 20.8 Å². The van der Waals surface area contributed by atoms with Gasteiger partial charge in [-0.1, -0.05) is 30.3 Å². The number of carbonyl (C=O) groups excluding carboxylic acids is 2. The van der Waals surface area contributed by atoms with Gasteiger partial charge in [0.1, 0.15) is 12.2 Å². The van der Waals surface area contributed by atoms with Crippen molar-refractivity contribution in [1.82, 2.24) is 5.32 Å². The fourth-order valence-electron chi connectivity index (χ4n) is 1.50. The lowest BCUT2D eigenvalue weighted by Crippen LogP contribution is -2.45. The van der Waals surface area contributed by atoms with Gasteiger partial charge in [-0.05, 0) is 33.4 Å². The number of nitrogens with one attached hydrogen (secondary N) is 1. The van der Waals surface area contributed by atoms with Gasteiger partial charge in [0.25, 0.3) is 0 Å². The second-order valence-electron chi connectivity index (χ2n) is 5.35. The summed E-state index contributed by atoms with van der Waals surface area (Å²) in [4.78, 5) is 23.7. The summed E-state index contributed by atoms with van der Waals surface area (Å²) in [5, 5.41) is 2.61. The molecule has 0 saturated heterocycles. The van der Waals surface area contributed by atoms with Crippen LogP contribution in [0.15, 0.2) is 30.3 Å². The van der Waals surface area contributed by atoms with Crippen LogP contribution in [-0.4, -0.2) is 30.6 Å². The van der Waals surface area contributed by atoms with Crippen LogP contribution >= 0.6 is 0 Å². The Labute approximate surface area is 119 Å². The van der Waals surface area contributed by atoms with Crippen LogP contribution in [0.3, 0.4) is 0 Å². The molecule has 1 aromatic rings. The molecule has 1 N–H and O–H groups in total. The molecule has 0 aliphatic heterocycles. The lowest BCUT2D eigenvalue weighted by Gasteiger charge is -2.22. The van der Waals surface area contributed by atoms with Gasteiger partial charge in [-0.3, -0.25) is 5.32 Å². The van der Waals surface area contributed by atoms with E-state index in [1.165, 1.54) is 7.05 Å². The van der Waals surface area contributed by atoms with Crippen LogP contribution in [0.1, 0.15) is 26.3 Å². The first kappa shape index (κ1) is 16.2. The smallest absolute Gasteiger partial charge is 0.335 e. The fraction of sp³-hybridized carbons (Fsp3) is 0.467. The molecule has 5 heteroatoms. The van der Waals surface area contributed by atoms with Crippen LogP contribution in [0.2, 0.25) is 0 Å². The van der Waals surface area contributed by atoms with E-state index < -0.39 is 23.6 Å². The standard InChI is InChI=1S/C15H21NO4/c1-15(2,3)20-14(18)12(16-4)13(17)19-10-11-8-6-5-7-9-11/h5-9,12,16H,10H2,1-4H3. The molecule has 0 fully saturated rings. The van der Waals surface area contributed by atoms with Gasteiger partial charge in [0.15, 0.2) is 0 Å². The van der Waals surface area contributed by atoms with Gasteiger partial charge >= 0.3 is 11.9 Å². The Balaban J connectivity index is 2.57. The van der Waals surface area contributed by atoms with Crippen molar-refractivity contribution < 1.29 is 19.1 Å². The molecule has 0 aliphatic carbocycles. The highest BCUT2D eigenvalue weighted by Crippen LogP contribution is 2.09. The number of rotatable bonds is 5. The van der Waals surface area contributed by atoms with Crippen molar-refractivity contribution in [3.05, 3.63) is 35.9 Å². The van der Waals surface area contributed by atoms with Gasteiger partial charge < -0.3 is 9.47 Å². The van der Waals surface area contributed by atoms with E-state index in [0.29, 0.717) is 0 Å². The SMILES string of the molecule is CNC(C(=O)OCc1ccccc1)C(=O)OC(C)(C)C. The summed E-state index contributed by atoms with van der Waals surface area (Å²) in [7, 11) is 1.51. The maximum atomic E-state index is 11.9. The average molecular weight is 279 g/mol. The molecule has 0 bridgehead atoms. The van der Waals surface area contributed by atoms with Crippen molar-refractivity contribution in [1.29, 1.82) is 0 Å². The summed E-state index contributed by atoms with van der Waals surface area (Å²) in [6.07, 6.45) is 0. The van der Waals surface area contributed by atoms with Crippen molar-refractivity contribution in [3.8, 4) is 0 Å². The summed E-state index contributed by atoms with van der Waals surface area (Å²) in [5.74, 6) is -1.29. The first-order valence-corrected chi connectivity index (χ1v) is 6.44. The summed E-state index contributed by atoms with van der Waals surface area (Å²) in [6, 6.07) is 8.16. The van der Waals surface area contributed by atoms with E-state index in [9.17, 15) is 9.59 Å². The number of hydrogen-bond acceptors (Lipinski definition) is 5. The summed E-state index contributed by atoms with van der Waals surface area (Å²) < 4.78 is 10.3. The second-order valence-corrected chi connectivity index (χ2v) is 5.35. The normalized spacial score (nSPS) is 12.6. The maximum Gasteiger partial charge on any atom is 0.335 e. The quantitative estimate of drug-likeness (QED) is 0.656. The fourth-order valence-corrected chi connectivity index (χ4v) is 1.50. The van der Waals surface area contributed by atoms with Crippen LogP contribution in [0.5, 0.6) is 0 Å². The van der Waals surface area contributed by atoms with Gasteiger partial charge in [-0.15, -0.1) is 0 Å². The number of ether oxygens (including phenoxy) is 2. The molecule has 1 atom stereocenters. The average Bonchev–Trinajstić information content (AvgIpc) is 2.36. The minimum atomic E-state index is -1.11. The Hall–Kier alpha value is -1.88. The highest BCUT2D eigenvalue weighted by atomic mass is 16.6. The van der Waals surface area contributed by atoms with Gasteiger partial charge in [-0.2, -0.15) is 0 Å². The van der Waals surface area contributed by atoms with E-state index in [4.69, 9.17) is 9.47 Å². The predicted octanol–water partition coefficient (Wildman–Crippen LogP) is 1.66. The molecule has 0 spiro atoms. The van der Waals surface area contributed by atoms with Crippen LogP contribution in [0.25, 0.3) is 0 Å². The van der Waals surface area contributed by atoms with Crippen molar-refractivity contribution in [3.63, 3.8) is 0 Å². The number of benzene rings is 1. The molecule has 0 aromatic heterocycles. The van der Waals surface area contributed by atoms with E-state index in [2.05, 4.69) is 5.32 Å². The minimum Gasteiger partial charge on any atom is -0.459 e. The largest absolute Gasteiger partial charge is 0.459 e. The summed E-state index contributed by atoms with van der Waals surface area (Å²) >= 11 is 0. The molecule has 0 heterocycles. The molecule has 110 valence electrons. The van der Waals surface area contributed by atoms with Gasteiger partial charge in [-0.25, -0.2) is 9.59 Å². The third-order valence-electron chi connectivity index (χ3n) is 2.39. The van der Waals surface area contributed by atoms with Crippen LogP contribution in [0, 0.1) is 0 Å². The molecule has 1 aromatic carbocycles. The second kappa shape index (κ2) is 7.05. The Morgan fingerprint density at radius 1 is 1.15 bits per heavy atom. The van der Waals surface area contributed by atoms with Crippen molar-refractivity contribution in [2.75, 3.05) is 7.05 Å². The highest BCUT2D eigenvalue weighted by molar-refractivity contribution is 5.99. The number of carbonyl (C=O) groups is 2. The Bertz CT molecular complexity index is 451. The molecular weight excluding hydrogens is 258 g/mol. The van der Waals surface area contributed by atoms with E-state index in [-0.39, 0.29) is 6.61 Å². The Morgan fingerprint density at radius 2 is 1.75 bits per heavy atom. The van der Waals surface area contributed by atoms with Crippen LogP contribution in [-0.2, 0) is 25.7 Å². The predicted molar refractivity (Wildman–Crippen MR) is 74.9 cm³/mol. The first-order chi connectivity index (χ1) is 9.33. The zero-order chi connectivity index (χ0) is 15.2. The molecule has 0 aliphatic rings. The molecule has 20 heavy (non-hydrogen) atoms. The number of likely N-dealkylation sites (N-methyl/N-ethyl adjacent to an activating group) is 1. The zero-order valence-corrected chi connectivity index (χ0v) is 12.3. The molecule has 0 saturated carbocycles. The van der Waals surface area contributed by atoms with E-state index in [0.717, 1.165) is 5.56 Å². The third kappa shape index (κ3) is 5.40. The Morgan fingerprint density at radius 3 is 2.25 bits per heavy atom. The maximum absolute atomic E-state index is 11.9. The zero-order valence-electron chi connectivity index (χ0n) is 12.3. The third-order valence-corrected chi connectivity index (χ3v) is 2.39. The highest BCUT2D eigenvalue weighted by Gasteiger charge is 2.31. The van der Waals surface area contributed by atoms with E-state index >= 15 is 0 Å². The monoisotopic (exact) mass is 279 g/mol. The molecule has 1 unspecified atom stereocenters. The number of esters is 2. The van der Waals surface area contributed by atoms with Crippen molar-refractivity contribution in [2.24, 2.45) is 0 Å². The lowest BCUT2D eigenvalue weighted by molar-refractivity contribution is -0.165. The topological polar surface area (TPSA) is 64.6 Å². The molecule has 5 nitrogen and oxygen atoms in total. The van der Waals surface area contributed by atoms with Gasteiger partial charge in [0.2, 0.25) is 6.04 Å². The minimum absolute atomic E-state index is 0.126. The van der Waals surface area contributed by atoms with Gasteiger partial charge in [0, 0.05) is 0 Å². The Kier molecular flexibility index (Phi) is 5.70.